The second-order valence-corrected chi connectivity index (χ2v) is 4.56. The number of rotatable bonds is 4. The molecule has 18 heavy (non-hydrogen) atoms. The topological polar surface area (TPSA) is 39.2 Å². The first-order valence-electron chi connectivity index (χ1n) is 5.95. The zero-order valence-electron chi connectivity index (χ0n) is 10.5. The maximum absolute atomic E-state index is 11.8. The molecular formula is C14H15NO2S. The van der Waals surface area contributed by atoms with E-state index in [1.54, 1.807) is 24.3 Å². The molecule has 0 saturated carbocycles. The van der Waals surface area contributed by atoms with Gasteiger partial charge < -0.3 is 4.74 Å². The minimum absolute atomic E-state index is 0.293. The smallest absolute Gasteiger partial charge is 0.339 e. The summed E-state index contributed by atoms with van der Waals surface area (Å²) in [6.07, 6.45) is 0.714. The number of thiophene rings is 1. The fourth-order valence-electron chi connectivity index (χ4n) is 1.74. The molecule has 0 spiro atoms. The first-order valence-corrected chi connectivity index (χ1v) is 6.90. The summed E-state index contributed by atoms with van der Waals surface area (Å²) in [6.45, 7) is 4.17. The summed E-state index contributed by atoms with van der Waals surface area (Å²) in [7, 11) is 0. The van der Waals surface area contributed by atoms with E-state index < -0.39 is 0 Å². The summed E-state index contributed by atoms with van der Waals surface area (Å²) < 4.78 is 5.02. The zero-order chi connectivity index (χ0) is 13.0. The highest BCUT2D eigenvalue weighted by Crippen LogP contribution is 2.22. The van der Waals surface area contributed by atoms with Crippen LogP contribution in [0.25, 0.3) is 11.3 Å². The third kappa shape index (κ3) is 2.59. The van der Waals surface area contributed by atoms with Gasteiger partial charge in [0.15, 0.2) is 0 Å². The van der Waals surface area contributed by atoms with Crippen LogP contribution in [0.4, 0.5) is 0 Å². The molecule has 4 heteroatoms. The van der Waals surface area contributed by atoms with Crippen LogP contribution in [-0.2, 0) is 11.2 Å². The average Bonchev–Trinajstić information content (AvgIpc) is 2.92. The SMILES string of the molecule is CCOC(=O)c1ccc(-c2ccsc2)nc1CC. The van der Waals surface area contributed by atoms with Crippen LogP contribution in [-0.4, -0.2) is 17.6 Å². The number of ether oxygens (including phenoxy) is 1. The molecule has 0 aliphatic heterocycles. The zero-order valence-corrected chi connectivity index (χ0v) is 11.3. The van der Waals surface area contributed by atoms with Crippen molar-refractivity contribution in [1.29, 1.82) is 0 Å². The van der Waals surface area contributed by atoms with Gasteiger partial charge in [0.05, 0.1) is 23.6 Å². The van der Waals surface area contributed by atoms with Crippen molar-refractivity contribution in [2.75, 3.05) is 6.61 Å². The summed E-state index contributed by atoms with van der Waals surface area (Å²) in [6, 6.07) is 5.70. The Labute approximate surface area is 110 Å². The van der Waals surface area contributed by atoms with Gasteiger partial charge in [0.25, 0.3) is 0 Å². The van der Waals surface area contributed by atoms with E-state index in [0.717, 1.165) is 17.0 Å². The van der Waals surface area contributed by atoms with Gasteiger partial charge in [-0.15, -0.1) is 0 Å². The fraction of sp³-hybridized carbons (Fsp3) is 0.286. The minimum atomic E-state index is -0.293. The van der Waals surface area contributed by atoms with Crippen molar-refractivity contribution in [1.82, 2.24) is 4.98 Å². The Balaban J connectivity index is 2.37. The van der Waals surface area contributed by atoms with E-state index in [4.69, 9.17) is 4.74 Å². The largest absolute Gasteiger partial charge is 0.462 e. The number of aromatic nitrogens is 1. The molecule has 2 aromatic heterocycles. The van der Waals surface area contributed by atoms with Gasteiger partial charge in [-0.1, -0.05) is 6.92 Å². The first-order chi connectivity index (χ1) is 8.76. The van der Waals surface area contributed by atoms with Gasteiger partial charge in [0.2, 0.25) is 0 Å². The number of carbonyl (C=O) groups is 1. The van der Waals surface area contributed by atoms with Gasteiger partial charge in [0.1, 0.15) is 0 Å². The maximum atomic E-state index is 11.8. The molecule has 2 aromatic rings. The second-order valence-electron chi connectivity index (χ2n) is 3.78. The van der Waals surface area contributed by atoms with E-state index in [0.29, 0.717) is 18.6 Å². The molecule has 2 heterocycles. The van der Waals surface area contributed by atoms with Gasteiger partial charge in [-0.05, 0) is 36.9 Å². The number of hydrogen-bond acceptors (Lipinski definition) is 4. The number of hydrogen-bond donors (Lipinski definition) is 0. The first kappa shape index (κ1) is 12.8. The van der Waals surface area contributed by atoms with Crippen LogP contribution in [0.2, 0.25) is 0 Å². The highest BCUT2D eigenvalue weighted by Gasteiger charge is 2.13. The van der Waals surface area contributed by atoms with E-state index in [1.807, 2.05) is 29.8 Å². The van der Waals surface area contributed by atoms with E-state index >= 15 is 0 Å². The number of pyridine rings is 1. The van der Waals surface area contributed by atoms with Crippen LogP contribution < -0.4 is 0 Å². The molecule has 0 fully saturated rings. The van der Waals surface area contributed by atoms with Crippen LogP contribution in [0.15, 0.2) is 29.0 Å². The molecule has 2 rings (SSSR count). The van der Waals surface area contributed by atoms with Crippen molar-refractivity contribution in [3.8, 4) is 11.3 Å². The molecule has 0 N–H and O–H groups in total. The molecule has 0 atom stereocenters. The predicted molar refractivity (Wildman–Crippen MR) is 72.9 cm³/mol. The Morgan fingerprint density at radius 3 is 2.78 bits per heavy atom. The van der Waals surface area contributed by atoms with Crippen molar-refractivity contribution < 1.29 is 9.53 Å². The summed E-state index contributed by atoms with van der Waals surface area (Å²) in [5.41, 5.74) is 3.35. The van der Waals surface area contributed by atoms with Gasteiger partial charge in [-0.25, -0.2) is 4.79 Å². The molecule has 0 aliphatic carbocycles. The molecular weight excluding hydrogens is 246 g/mol. The average molecular weight is 261 g/mol. The van der Waals surface area contributed by atoms with Crippen LogP contribution in [0.5, 0.6) is 0 Å². The fourth-order valence-corrected chi connectivity index (χ4v) is 2.39. The van der Waals surface area contributed by atoms with Crippen molar-refractivity contribution in [3.05, 3.63) is 40.2 Å². The monoisotopic (exact) mass is 261 g/mol. The lowest BCUT2D eigenvalue weighted by atomic mass is 10.1. The van der Waals surface area contributed by atoms with E-state index in [1.165, 1.54) is 0 Å². The minimum Gasteiger partial charge on any atom is -0.462 e. The van der Waals surface area contributed by atoms with Crippen LogP contribution in [0, 0.1) is 0 Å². The molecule has 0 aromatic carbocycles. The molecule has 0 radical (unpaired) electrons. The van der Waals surface area contributed by atoms with E-state index in [9.17, 15) is 4.79 Å². The lowest BCUT2D eigenvalue weighted by molar-refractivity contribution is 0.0524. The standard InChI is InChI=1S/C14H15NO2S/c1-3-12-11(14(16)17-4-2)5-6-13(15-12)10-7-8-18-9-10/h5-9H,3-4H2,1-2H3. The number of esters is 1. The summed E-state index contributed by atoms with van der Waals surface area (Å²) in [5, 5.41) is 4.06. The Morgan fingerprint density at radius 2 is 2.17 bits per heavy atom. The van der Waals surface area contributed by atoms with Gasteiger partial charge in [0, 0.05) is 10.9 Å². The second kappa shape index (κ2) is 5.78. The molecule has 0 aliphatic rings. The number of carbonyl (C=O) groups excluding carboxylic acids is 1. The lowest BCUT2D eigenvalue weighted by Crippen LogP contribution is -2.09. The van der Waals surface area contributed by atoms with E-state index in [2.05, 4.69) is 4.98 Å². The molecule has 0 bridgehead atoms. The van der Waals surface area contributed by atoms with Gasteiger partial charge in [-0.2, -0.15) is 11.3 Å². The normalized spacial score (nSPS) is 10.3. The summed E-state index contributed by atoms with van der Waals surface area (Å²) in [4.78, 5) is 16.3. The molecule has 0 amide bonds. The number of aryl methyl sites for hydroxylation is 1. The Kier molecular flexibility index (Phi) is 4.10. The Hall–Kier alpha value is -1.68. The van der Waals surface area contributed by atoms with Crippen molar-refractivity contribution in [3.63, 3.8) is 0 Å². The Morgan fingerprint density at radius 1 is 1.33 bits per heavy atom. The summed E-state index contributed by atoms with van der Waals surface area (Å²) >= 11 is 1.63. The maximum Gasteiger partial charge on any atom is 0.339 e. The van der Waals surface area contributed by atoms with Crippen molar-refractivity contribution in [2.24, 2.45) is 0 Å². The van der Waals surface area contributed by atoms with Gasteiger partial charge >= 0.3 is 5.97 Å². The van der Waals surface area contributed by atoms with Crippen LogP contribution in [0.1, 0.15) is 29.9 Å². The highest BCUT2D eigenvalue weighted by atomic mass is 32.1. The molecule has 0 unspecified atom stereocenters. The quantitative estimate of drug-likeness (QED) is 0.790. The Bertz CT molecular complexity index is 535. The summed E-state index contributed by atoms with van der Waals surface area (Å²) in [5.74, 6) is -0.293. The van der Waals surface area contributed by atoms with Gasteiger partial charge in [-0.3, -0.25) is 4.98 Å². The third-order valence-corrected chi connectivity index (χ3v) is 3.30. The van der Waals surface area contributed by atoms with Crippen molar-refractivity contribution >= 4 is 17.3 Å². The van der Waals surface area contributed by atoms with Crippen LogP contribution in [0.3, 0.4) is 0 Å². The molecule has 94 valence electrons. The van der Waals surface area contributed by atoms with E-state index in [-0.39, 0.29) is 5.97 Å². The third-order valence-electron chi connectivity index (χ3n) is 2.62. The number of nitrogens with zero attached hydrogens (tertiary/aromatic N) is 1. The lowest BCUT2D eigenvalue weighted by Gasteiger charge is -2.08. The highest BCUT2D eigenvalue weighted by molar-refractivity contribution is 7.08. The molecule has 0 saturated heterocycles. The predicted octanol–water partition coefficient (Wildman–Crippen LogP) is 3.55. The van der Waals surface area contributed by atoms with Crippen LogP contribution >= 0.6 is 11.3 Å². The molecule has 3 nitrogen and oxygen atoms in total. The van der Waals surface area contributed by atoms with Crippen molar-refractivity contribution in [2.45, 2.75) is 20.3 Å².